The Morgan fingerprint density at radius 2 is 1.88 bits per heavy atom. The standard InChI is InChI=1S/C18H16ClF3O3/c1-2-11-9-14(6-3-12(11)4-8-17(23)24)25-16-7-5-13(10-15(16)19)18(20,21)22/h3,5-7,9-10H,2,4,8H2,1H3,(H,23,24). The van der Waals surface area contributed by atoms with Gasteiger partial charge in [0.15, 0.2) is 0 Å². The zero-order chi connectivity index (χ0) is 18.6. The second kappa shape index (κ2) is 7.78. The summed E-state index contributed by atoms with van der Waals surface area (Å²) in [7, 11) is 0. The molecular weight excluding hydrogens is 357 g/mol. The van der Waals surface area contributed by atoms with Crippen LogP contribution in [0.25, 0.3) is 0 Å². The molecule has 2 aromatic carbocycles. The van der Waals surface area contributed by atoms with Gasteiger partial charge in [-0.2, -0.15) is 13.2 Å². The number of aryl methyl sites for hydroxylation is 2. The Balaban J connectivity index is 2.21. The van der Waals surface area contributed by atoms with Gasteiger partial charge in [-0.05, 0) is 54.3 Å². The van der Waals surface area contributed by atoms with Gasteiger partial charge in [-0.3, -0.25) is 4.79 Å². The molecule has 0 saturated carbocycles. The first-order valence-electron chi connectivity index (χ1n) is 7.59. The first-order chi connectivity index (χ1) is 11.7. The number of carboxylic acids is 1. The minimum atomic E-state index is -4.47. The molecule has 0 unspecified atom stereocenters. The Hall–Kier alpha value is -2.21. The van der Waals surface area contributed by atoms with Crippen LogP contribution >= 0.6 is 11.6 Å². The van der Waals surface area contributed by atoms with Crippen LogP contribution in [-0.2, 0) is 23.8 Å². The van der Waals surface area contributed by atoms with Crippen LogP contribution in [0.3, 0.4) is 0 Å². The Bertz CT molecular complexity index is 773. The number of rotatable bonds is 6. The molecule has 0 aromatic heterocycles. The van der Waals surface area contributed by atoms with E-state index in [1.54, 1.807) is 18.2 Å². The largest absolute Gasteiger partial charge is 0.481 e. The van der Waals surface area contributed by atoms with Gasteiger partial charge in [-0.25, -0.2) is 0 Å². The topological polar surface area (TPSA) is 46.5 Å². The van der Waals surface area contributed by atoms with Gasteiger partial charge >= 0.3 is 12.1 Å². The molecule has 2 aromatic rings. The summed E-state index contributed by atoms with van der Waals surface area (Å²) >= 11 is 5.88. The number of benzene rings is 2. The van der Waals surface area contributed by atoms with Crippen molar-refractivity contribution in [1.29, 1.82) is 0 Å². The lowest BCUT2D eigenvalue weighted by Gasteiger charge is -2.13. The van der Waals surface area contributed by atoms with Gasteiger partial charge in [0.05, 0.1) is 10.6 Å². The molecule has 0 atom stereocenters. The summed E-state index contributed by atoms with van der Waals surface area (Å²) in [5.74, 6) is -0.327. The maximum Gasteiger partial charge on any atom is 0.416 e. The van der Waals surface area contributed by atoms with E-state index in [1.807, 2.05) is 6.92 Å². The van der Waals surface area contributed by atoms with Crippen molar-refractivity contribution >= 4 is 17.6 Å². The monoisotopic (exact) mass is 372 g/mol. The quantitative estimate of drug-likeness (QED) is 0.704. The lowest BCUT2D eigenvalue weighted by atomic mass is 10.0. The van der Waals surface area contributed by atoms with E-state index in [0.717, 1.165) is 23.3 Å². The molecule has 25 heavy (non-hydrogen) atoms. The number of hydrogen-bond donors (Lipinski definition) is 1. The first kappa shape index (κ1) is 19.1. The van der Waals surface area contributed by atoms with Crippen LogP contribution in [-0.4, -0.2) is 11.1 Å². The number of carbonyl (C=O) groups is 1. The van der Waals surface area contributed by atoms with Gasteiger partial charge in [-0.15, -0.1) is 0 Å². The molecule has 0 heterocycles. The highest BCUT2D eigenvalue weighted by Gasteiger charge is 2.31. The molecule has 0 aliphatic carbocycles. The summed E-state index contributed by atoms with van der Waals surface area (Å²) in [6, 6.07) is 8.04. The van der Waals surface area contributed by atoms with Gasteiger partial charge in [0.2, 0.25) is 0 Å². The van der Waals surface area contributed by atoms with Crippen molar-refractivity contribution in [3.63, 3.8) is 0 Å². The molecule has 2 rings (SSSR count). The zero-order valence-electron chi connectivity index (χ0n) is 13.4. The van der Waals surface area contributed by atoms with E-state index in [4.69, 9.17) is 21.4 Å². The van der Waals surface area contributed by atoms with E-state index in [1.165, 1.54) is 6.07 Å². The Kier molecular flexibility index (Phi) is 5.95. The van der Waals surface area contributed by atoms with Crippen LogP contribution in [0.15, 0.2) is 36.4 Å². The summed E-state index contributed by atoms with van der Waals surface area (Å²) in [5.41, 5.74) is 0.973. The SMILES string of the molecule is CCc1cc(Oc2ccc(C(F)(F)F)cc2Cl)ccc1CCC(=O)O. The molecule has 0 saturated heterocycles. The van der Waals surface area contributed by atoms with E-state index in [0.29, 0.717) is 18.6 Å². The molecule has 1 N–H and O–H groups in total. The minimum absolute atomic E-state index is 0.0257. The van der Waals surface area contributed by atoms with Crippen molar-refractivity contribution in [2.45, 2.75) is 32.4 Å². The fourth-order valence-electron chi connectivity index (χ4n) is 2.37. The van der Waals surface area contributed by atoms with E-state index in [9.17, 15) is 18.0 Å². The number of aliphatic carboxylic acids is 1. The van der Waals surface area contributed by atoms with Gasteiger partial charge in [0.25, 0.3) is 0 Å². The van der Waals surface area contributed by atoms with E-state index in [2.05, 4.69) is 0 Å². The zero-order valence-corrected chi connectivity index (χ0v) is 14.1. The normalized spacial score (nSPS) is 11.4. The fraction of sp³-hybridized carbons (Fsp3) is 0.278. The minimum Gasteiger partial charge on any atom is -0.481 e. The number of carboxylic acid groups (broad SMARTS) is 1. The Labute approximate surface area is 148 Å². The molecule has 3 nitrogen and oxygen atoms in total. The van der Waals surface area contributed by atoms with Crippen molar-refractivity contribution in [2.24, 2.45) is 0 Å². The van der Waals surface area contributed by atoms with Crippen LogP contribution in [0.2, 0.25) is 5.02 Å². The second-order valence-electron chi connectivity index (χ2n) is 5.42. The fourth-order valence-corrected chi connectivity index (χ4v) is 2.59. The molecular formula is C18H16ClF3O3. The summed E-state index contributed by atoms with van der Waals surface area (Å²) in [4.78, 5) is 10.7. The van der Waals surface area contributed by atoms with Crippen molar-refractivity contribution in [2.75, 3.05) is 0 Å². The average Bonchev–Trinajstić information content (AvgIpc) is 2.54. The third kappa shape index (κ3) is 5.13. The number of hydrogen-bond acceptors (Lipinski definition) is 2. The summed E-state index contributed by atoms with van der Waals surface area (Å²) in [6.07, 6.45) is -3.37. The molecule has 0 aliphatic rings. The predicted octanol–water partition coefficient (Wildman–Crippen LogP) is 5.73. The van der Waals surface area contributed by atoms with E-state index in [-0.39, 0.29) is 17.2 Å². The second-order valence-corrected chi connectivity index (χ2v) is 5.83. The summed E-state index contributed by atoms with van der Waals surface area (Å²) in [5, 5.41) is 8.64. The van der Waals surface area contributed by atoms with Crippen LogP contribution in [0, 0.1) is 0 Å². The molecule has 0 fully saturated rings. The van der Waals surface area contributed by atoms with Gasteiger partial charge in [-0.1, -0.05) is 24.6 Å². The third-order valence-corrected chi connectivity index (χ3v) is 3.95. The van der Waals surface area contributed by atoms with Crippen LogP contribution in [0.1, 0.15) is 30.0 Å². The highest BCUT2D eigenvalue weighted by Crippen LogP contribution is 2.36. The van der Waals surface area contributed by atoms with Gasteiger partial charge in [0, 0.05) is 6.42 Å². The van der Waals surface area contributed by atoms with Crippen LogP contribution in [0.4, 0.5) is 13.2 Å². The van der Waals surface area contributed by atoms with Crippen molar-refractivity contribution in [3.05, 3.63) is 58.1 Å². The van der Waals surface area contributed by atoms with Crippen molar-refractivity contribution < 1.29 is 27.8 Å². The van der Waals surface area contributed by atoms with Crippen LogP contribution in [0.5, 0.6) is 11.5 Å². The van der Waals surface area contributed by atoms with Crippen LogP contribution < -0.4 is 4.74 Å². The summed E-state index contributed by atoms with van der Waals surface area (Å²) < 4.78 is 43.6. The molecule has 0 radical (unpaired) electrons. The Morgan fingerprint density at radius 1 is 1.16 bits per heavy atom. The number of ether oxygens (including phenoxy) is 1. The summed E-state index contributed by atoms with van der Waals surface area (Å²) in [6.45, 7) is 1.93. The van der Waals surface area contributed by atoms with Crippen molar-refractivity contribution in [1.82, 2.24) is 0 Å². The van der Waals surface area contributed by atoms with E-state index >= 15 is 0 Å². The lowest BCUT2D eigenvalue weighted by Crippen LogP contribution is -2.04. The predicted molar refractivity (Wildman–Crippen MR) is 88.3 cm³/mol. The smallest absolute Gasteiger partial charge is 0.416 e. The molecule has 0 amide bonds. The maximum absolute atomic E-state index is 12.7. The lowest BCUT2D eigenvalue weighted by molar-refractivity contribution is -0.138. The van der Waals surface area contributed by atoms with E-state index < -0.39 is 17.7 Å². The maximum atomic E-state index is 12.7. The third-order valence-electron chi connectivity index (χ3n) is 3.65. The molecule has 0 aliphatic heterocycles. The first-order valence-corrected chi connectivity index (χ1v) is 7.96. The van der Waals surface area contributed by atoms with Gasteiger partial charge in [0.1, 0.15) is 11.5 Å². The highest BCUT2D eigenvalue weighted by molar-refractivity contribution is 6.32. The molecule has 0 spiro atoms. The number of halogens is 4. The highest BCUT2D eigenvalue weighted by atomic mass is 35.5. The van der Waals surface area contributed by atoms with Crippen molar-refractivity contribution in [3.8, 4) is 11.5 Å². The molecule has 0 bridgehead atoms. The Morgan fingerprint density at radius 3 is 2.44 bits per heavy atom. The molecule has 7 heteroatoms. The average molecular weight is 373 g/mol. The van der Waals surface area contributed by atoms with Gasteiger partial charge < -0.3 is 9.84 Å². The molecule has 134 valence electrons. The number of alkyl halides is 3.